The van der Waals surface area contributed by atoms with Crippen LogP contribution in [0.15, 0.2) is 35.3 Å². The molecule has 0 saturated heterocycles. The molecule has 1 heterocycles. The molecule has 0 amide bonds. The van der Waals surface area contributed by atoms with E-state index >= 15 is 0 Å². The second kappa shape index (κ2) is 8.45. The van der Waals surface area contributed by atoms with E-state index in [9.17, 15) is 9.18 Å². The van der Waals surface area contributed by atoms with Crippen molar-refractivity contribution in [2.45, 2.75) is 39.5 Å². The first-order valence-electron chi connectivity index (χ1n) is 10.4. The number of nitrogens with zero attached hydrogens (tertiary/aromatic N) is 2. The smallest absolute Gasteiger partial charge is 0.289 e. The van der Waals surface area contributed by atoms with Crippen molar-refractivity contribution >= 4 is 11.6 Å². The van der Waals surface area contributed by atoms with Crippen molar-refractivity contribution in [3.8, 4) is 5.75 Å². The van der Waals surface area contributed by atoms with E-state index in [0.29, 0.717) is 5.56 Å². The van der Waals surface area contributed by atoms with Crippen molar-refractivity contribution in [3.05, 3.63) is 57.0 Å². The lowest BCUT2D eigenvalue weighted by molar-refractivity contribution is 0.106. The van der Waals surface area contributed by atoms with Crippen LogP contribution < -0.4 is 10.3 Å². The van der Waals surface area contributed by atoms with Gasteiger partial charge < -0.3 is 9.47 Å². The first-order valence-corrected chi connectivity index (χ1v) is 7.73. The Morgan fingerprint density at radius 3 is 2.52 bits per heavy atom. The number of alkyl halides is 1. The Bertz CT molecular complexity index is 988. The summed E-state index contributed by atoms with van der Waals surface area (Å²) in [5, 5.41) is 3.67. The molecule has 0 aliphatic heterocycles. The van der Waals surface area contributed by atoms with Crippen LogP contribution in [0.25, 0.3) is 0 Å². The highest BCUT2D eigenvalue weighted by molar-refractivity contribution is 6.31. The predicted octanol–water partition coefficient (Wildman–Crippen LogP) is 3.72. The van der Waals surface area contributed by atoms with Gasteiger partial charge in [0.25, 0.3) is 5.56 Å². The van der Waals surface area contributed by atoms with Gasteiger partial charge in [-0.1, -0.05) is 35.9 Å². The van der Waals surface area contributed by atoms with Gasteiger partial charge >= 0.3 is 0 Å². The van der Waals surface area contributed by atoms with Crippen LogP contribution in [0.2, 0.25) is 5.02 Å². The lowest BCUT2D eigenvalue weighted by atomic mass is 10.1. The Labute approximate surface area is 159 Å². The number of rotatable bonds is 7. The van der Waals surface area contributed by atoms with Gasteiger partial charge in [0.2, 0.25) is 0 Å². The van der Waals surface area contributed by atoms with Gasteiger partial charge in [0.1, 0.15) is 13.2 Å². The number of hydrogen-bond donors (Lipinski definition) is 0. The monoisotopic (exact) mass is 374 g/mol. The molecular weight excluding hydrogens is 347 g/mol. The molecule has 0 fully saturated rings. The third kappa shape index (κ3) is 5.28. The molecule has 0 radical (unpaired) electrons. The molecule has 0 atom stereocenters. The van der Waals surface area contributed by atoms with E-state index in [0.717, 1.165) is 10.9 Å². The normalized spacial score (nSPS) is 16.8. The largest absolute Gasteiger partial charge is 0.485 e. The van der Waals surface area contributed by atoms with E-state index in [1.54, 1.807) is 20.8 Å². The summed E-state index contributed by atoms with van der Waals surface area (Å²) in [6.07, 6.45) is 1.15. The highest BCUT2D eigenvalue weighted by Crippen LogP contribution is 2.21. The van der Waals surface area contributed by atoms with Crippen molar-refractivity contribution in [2.24, 2.45) is 0 Å². The van der Waals surface area contributed by atoms with Crippen molar-refractivity contribution in [2.75, 3.05) is 13.2 Å². The Morgan fingerprint density at radius 2 is 1.92 bits per heavy atom. The molecule has 7 heteroatoms. The zero-order valence-corrected chi connectivity index (χ0v) is 14.7. The summed E-state index contributed by atoms with van der Waals surface area (Å²) in [5.41, 5.74) is -0.860. The summed E-state index contributed by atoms with van der Waals surface area (Å²) in [7, 11) is 0. The molecule has 5 nitrogen and oxygen atoms in total. The number of aromatic nitrogens is 2. The summed E-state index contributed by atoms with van der Waals surface area (Å²) in [6.45, 7) is -4.40. The molecule has 0 aliphatic rings. The minimum absolute atomic E-state index is 0.0520. The fourth-order valence-electron chi connectivity index (χ4n) is 1.90. The van der Waals surface area contributed by atoms with Crippen molar-refractivity contribution in [1.29, 1.82) is 0 Å². The van der Waals surface area contributed by atoms with E-state index in [1.807, 2.05) is 0 Å². The summed E-state index contributed by atoms with van der Waals surface area (Å²) in [5.74, 6) is -0.233. The number of hydrogen-bond acceptors (Lipinski definition) is 4. The maximum absolute atomic E-state index is 13.2. The van der Waals surface area contributed by atoms with Crippen LogP contribution in [0.1, 0.15) is 40.1 Å². The zero-order chi connectivity index (χ0) is 23.8. The standard InChI is InChI=1S/C18H22ClFN2O3/c1-18(2,3)22-17(23)16(19)15(10-21-22)25-12-14-6-4-13(5-7-14)11-24-9-8-20/h4-7,10H,8-9,11-12H2,1-3H3/i8D2,9D2,12D2. The number of halogens is 2. The first-order chi connectivity index (χ1) is 14.0. The molecule has 1 aromatic heterocycles. The molecule has 0 unspecified atom stereocenters. The van der Waals surface area contributed by atoms with Crippen molar-refractivity contribution in [1.82, 2.24) is 9.78 Å². The summed E-state index contributed by atoms with van der Waals surface area (Å²) in [4.78, 5) is 12.4. The van der Waals surface area contributed by atoms with E-state index in [2.05, 4.69) is 9.84 Å². The average Bonchev–Trinajstić information content (AvgIpc) is 2.62. The first kappa shape index (κ1) is 12.4. The molecule has 0 spiro atoms. The molecule has 1 aromatic carbocycles. The van der Waals surface area contributed by atoms with Gasteiger partial charge in [-0.05, 0) is 31.9 Å². The molecule has 0 aliphatic carbocycles. The van der Waals surface area contributed by atoms with Crippen LogP contribution in [0.3, 0.4) is 0 Å². The Hall–Kier alpha value is -1.92. The second-order valence-corrected chi connectivity index (χ2v) is 6.47. The Morgan fingerprint density at radius 1 is 1.28 bits per heavy atom. The maximum Gasteiger partial charge on any atom is 0.289 e. The van der Waals surface area contributed by atoms with E-state index in [1.165, 1.54) is 24.3 Å². The van der Waals surface area contributed by atoms with E-state index in [-0.39, 0.29) is 16.3 Å². The minimum Gasteiger partial charge on any atom is -0.485 e. The summed E-state index contributed by atoms with van der Waals surface area (Å²) in [6, 6.07) is 5.43. The third-order valence-electron chi connectivity index (χ3n) is 3.10. The van der Waals surface area contributed by atoms with Crippen molar-refractivity contribution < 1.29 is 22.1 Å². The molecule has 2 aromatic rings. The SMILES string of the molecule is [2H]C([2H])(Oc1cnn(C(C)(C)C)c(=O)c1Cl)c1ccc(COC([2H])([2H])C([2H])([2H])F)cc1. The summed E-state index contributed by atoms with van der Waals surface area (Å²) >= 11 is 6.07. The van der Waals surface area contributed by atoms with Crippen molar-refractivity contribution in [3.63, 3.8) is 0 Å². The van der Waals surface area contributed by atoms with Gasteiger partial charge in [0, 0.05) is 0 Å². The molecule has 25 heavy (non-hydrogen) atoms. The molecular formula is C18H22ClFN2O3. The highest BCUT2D eigenvalue weighted by atomic mass is 35.5. The van der Waals surface area contributed by atoms with Gasteiger partial charge in [-0.15, -0.1) is 0 Å². The van der Waals surface area contributed by atoms with E-state index < -0.39 is 37.4 Å². The maximum atomic E-state index is 13.2. The second-order valence-electron chi connectivity index (χ2n) is 6.10. The zero-order valence-electron chi connectivity index (χ0n) is 20.0. The van der Waals surface area contributed by atoms with Crippen LogP contribution in [0.4, 0.5) is 4.39 Å². The Balaban J connectivity index is 2.18. The predicted molar refractivity (Wildman–Crippen MR) is 94.9 cm³/mol. The van der Waals surface area contributed by atoms with Crippen LogP contribution in [0.5, 0.6) is 5.75 Å². The van der Waals surface area contributed by atoms with E-state index in [4.69, 9.17) is 24.6 Å². The van der Waals surface area contributed by atoms with Crippen LogP contribution in [0, 0.1) is 0 Å². The van der Waals surface area contributed by atoms with Gasteiger partial charge in [-0.25, -0.2) is 9.07 Å². The lowest BCUT2D eigenvalue weighted by Gasteiger charge is -2.21. The fraction of sp³-hybridized carbons (Fsp3) is 0.444. The molecule has 2 rings (SSSR count). The van der Waals surface area contributed by atoms with Crippen LogP contribution in [-0.4, -0.2) is 23.0 Å². The number of benzene rings is 1. The van der Waals surface area contributed by atoms with Gasteiger partial charge in [-0.2, -0.15) is 5.10 Å². The average molecular weight is 375 g/mol. The van der Waals surface area contributed by atoms with Gasteiger partial charge in [-0.3, -0.25) is 4.79 Å². The topological polar surface area (TPSA) is 53.4 Å². The van der Waals surface area contributed by atoms with Crippen LogP contribution in [-0.2, 0) is 23.4 Å². The fourth-order valence-corrected chi connectivity index (χ4v) is 2.06. The molecule has 136 valence electrons. The van der Waals surface area contributed by atoms with Gasteiger partial charge in [0.15, 0.2) is 10.8 Å². The Kier molecular flexibility index (Phi) is 4.20. The number of ether oxygens (including phenoxy) is 2. The quantitative estimate of drug-likeness (QED) is 0.741. The summed E-state index contributed by atoms with van der Waals surface area (Å²) < 4.78 is 68.7. The minimum atomic E-state index is -3.69. The molecule has 0 N–H and O–H groups in total. The van der Waals surface area contributed by atoms with Gasteiger partial charge in [0.05, 0.1) is 33.1 Å². The lowest BCUT2D eigenvalue weighted by Crippen LogP contribution is -2.36. The third-order valence-corrected chi connectivity index (χ3v) is 3.45. The van der Waals surface area contributed by atoms with Crippen LogP contribution >= 0.6 is 11.6 Å². The molecule has 0 saturated carbocycles. The highest BCUT2D eigenvalue weighted by Gasteiger charge is 2.19. The molecule has 0 bridgehead atoms.